The number of rotatable bonds is 6. The highest BCUT2D eigenvalue weighted by molar-refractivity contribution is 6.04. The Kier molecular flexibility index (Phi) is 6.61. The molecule has 0 spiro atoms. The van der Waals surface area contributed by atoms with Gasteiger partial charge < -0.3 is 14.6 Å². The van der Waals surface area contributed by atoms with Crippen molar-refractivity contribution in [2.24, 2.45) is 0 Å². The molecule has 5 rings (SSSR count). The Morgan fingerprint density at radius 1 is 0.818 bits per heavy atom. The third-order valence-corrected chi connectivity index (χ3v) is 7.06. The van der Waals surface area contributed by atoms with Gasteiger partial charge in [0, 0.05) is 16.5 Å². The fraction of sp³-hybridized carbons (Fsp3) is 0.333. The van der Waals surface area contributed by atoms with Gasteiger partial charge in [-0.05, 0) is 55.9 Å². The quantitative estimate of drug-likeness (QED) is 0.430. The van der Waals surface area contributed by atoms with Crippen LogP contribution in [0.1, 0.15) is 31.2 Å². The van der Waals surface area contributed by atoms with E-state index < -0.39 is 0 Å². The number of hydrogen-bond acceptors (Lipinski definition) is 1. The van der Waals surface area contributed by atoms with Crippen molar-refractivity contribution < 1.29 is 10.0 Å². The Hall–Kier alpha value is -2.88. The first-order valence-electron chi connectivity index (χ1n) is 12.5. The van der Waals surface area contributed by atoms with Gasteiger partial charge in [0.15, 0.2) is 0 Å². The summed E-state index contributed by atoms with van der Waals surface area (Å²) < 4.78 is 2.37. The Balaban J connectivity index is 1.63. The van der Waals surface area contributed by atoms with E-state index >= 15 is 0 Å². The smallest absolute Gasteiger partial charge is 0.121 e. The molecule has 3 heteroatoms. The molecule has 0 amide bonds. The zero-order valence-corrected chi connectivity index (χ0v) is 19.6. The monoisotopic (exact) mass is 439 g/mol. The second kappa shape index (κ2) is 9.94. The SMILES string of the molecule is Cc1ccc2c(c1)c(-c1ccccc1)c(-c1ccccc1)n2C[C@H](O)C[NH+]1CCCCCC1. The van der Waals surface area contributed by atoms with E-state index in [0.29, 0.717) is 6.54 Å². The van der Waals surface area contributed by atoms with E-state index in [9.17, 15) is 5.11 Å². The summed E-state index contributed by atoms with van der Waals surface area (Å²) in [6, 6.07) is 28.1. The van der Waals surface area contributed by atoms with Gasteiger partial charge in [-0.15, -0.1) is 0 Å². The molecule has 2 N–H and O–H groups in total. The van der Waals surface area contributed by atoms with Gasteiger partial charge in [-0.3, -0.25) is 0 Å². The fourth-order valence-electron chi connectivity index (χ4n) is 5.49. The van der Waals surface area contributed by atoms with Crippen LogP contribution in [0.15, 0.2) is 78.9 Å². The van der Waals surface area contributed by atoms with Gasteiger partial charge in [0.1, 0.15) is 12.6 Å². The Bertz CT molecular complexity index is 1190. The summed E-state index contributed by atoms with van der Waals surface area (Å²) in [5, 5.41) is 12.5. The van der Waals surface area contributed by atoms with Crippen molar-refractivity contribution in [2.75, 3.05) is 19.6 Å². The van der Waals surface area contributed by atoms with E-state index in [4.69, 9.17) is 0 Å². The second-order valence-electron chi connectivity index (χ2n) is 9.61. The van der Waals surface area contributed by atoms with Crippen LogP contribution < -0.4 is 4.90 Å². The zero-order valence-electron chi connectivity index (χ0n) is 19.6. The molecule has 2 heterocycles. The summed E-state index contributed by atoms with van der Waals surface area (Å²) in [5.74, 6) is 0. The van der Waals surface area contributed by atoms with Gasteiger partial charge in [-0.2, -0.15) is 0 Å². The molecular weight excluding hydrogens is 404 g/mol. The summed E-state index contributed by atoms with van der Waals surface area (Å²) in [6.07, 6.45) is 4.85. The number of benzene rings is 3. The molecule has 0 aliphatic carbocycles. The second-order valence-corrected chi connectivity index (χ2v) is 9.61. The summed E-state index contributed by atoms with van der Waals surface area (Å²) in [5.41, 5.74) is 7.33. The lowest BCUT2D eigenvalue weighted by atomic mass is 9.98. The fourth-order valence-corrected chi connectivity index (χ4v) is 5.49. The number of quaternary nitrogens is 1. The van der Waals surface area contributed by atoms with Gasteiger partial charge in [0.05, 0.1) is 25.3 Å². The van der Waals surface area contributed by atoms with Crippen LogP contribution in [0, 0.1) is 6.92 Å². The zero-order chi connectivity index (χ0) is 22.6. The van der Waals surface area contributed by atoms with Crippen LogP contribution in [0.2, 0.25) is 0 Å². The van der Waals surface area contributed by atoms with E-state index in [1.165, 1.54) is 77.6 Å². The molecule has 1 fully saturated rings. The number of aryl methyl sites for hydroxylation is 1. The maximum Gasteiger partial charge on any atom is 0.121 e. The molecule has 1 aromatic heterocycles. The maximum absolute atomic E-state index is 11.3. The van der Waals surface area contributed by atoms with E-state index in [1.54, 1.807) is 4.90 Å². The number of nitrogens with zero attached hydrogens (tertiary/aromatic N) is 1. The largest absolute Gasteiger partial charge is 0.385 e. The Labute approximate surface area is 197 Å². The van der Waals surface area contributed by atoms with Crippen LogP contribution in [0.3, 0.4) is 0 Å². The first kappa shape index (κ1) is 21.9. The first-order chi connectivity index (χ1) is 16.2. The molecular formula is C30H35N2O+. The summed E-state index contributed by atoms with van der Waals surface area (Å²) in [7, 11) is 0. The van der Waals surface area contributed by atoms with Crippen molar-refractivity contribution in [3.63, 3.8) is 0 Å². The van der Waals surface area contributed by atoms with Crippen LogP contribution in [-0.4, -0.2) is 35.4 Å². The number of aliphatic hydroxyl groups excluding tert-OH is 1. The Morgan fingerprint density at radius 2 is 1.45 bits per heavy atom. The predicted octanol–water partition coefficient (Wildman–Crippen LogP) is 5.10. The van der Waals surface area contributed by atoms with Crippen molar-refractivity contribution in [1.82, 2.24) is 4.57 Å². The minimum atomic E-state index is -0.374. The topological polar surface area (TPSA) is 29.6 Å². The molecule has 3 nitrogen and oxygen atoms in total. The lowest BCUT2D eigenvalue weighted by molar-refractivity contribution is -0.902. The van der Waals surface area contributed by atoms with Crippen molar-refractivity contribution >= 4 is 10.9 Å². The number of hydrogen-bond donors (Lipinski definition) is 2. The molecule has 0 unspecified atom stereocenters. The highest BCUT2D eigenvalue weighted by atomic mass is 16.3. The van der Waals surface area contributed by atoms with Crippen molar-refractivity contribution in [3.8, 4) is 22.4 Å². The average Bonchev–Trinajstić information content (AvgIpc) is 2.96. The molecule has 33 heavy (non-hydrogen) atoms. The number of aromatic nitrogens is 1. The van der Waals surface area contributed by atoms with Crippen LogP contribution in [0.25, 0.3) is 33.3 Å². The van der Waals surface area contributed by atoms with E-state index in [1.807, 2.05) is 0 Å². The summed E-state index contributed by atoms with van der Waals surface area (Å²) in [4.78, 5) is 1.55. The van der Waals surface area contributed by atoms with Gasteiger partial charge in [-0.25, -0.2) is 0 Å². The molecule has 170 valence electrons. The van der Waals surface area contributed by atoms with Crippen molar-refractivity contribution in [1.29, 1.82) is 0 Å². The molecule has 4 aromatic rings. The summed E-state index contributed by atoms with van der Waals surface area (Å²) >= 11 is 0. The molecule has 3 aromatic carbocycles. The van der Waals surface area contributed by atoms with Gasteiger partial charge >= 0.3 is 0 Å². The maximum atomic E-state index is 11.3. The molecule has 0 radical (unpaired) electrons. The van der Waals surface area contributed by atoms with E-state index in [-0.39, 0.29) is 6.10 Å². The first-order valence-corrected chi connectivity index (χ1v) is 12.5. The lowest BCUT2D eigenvalue weighted by Gasteiger charge is -2.22. The van der Waals surface area contributed by atoms with Gasteiger partial charge in [0.25, 0.3) is 0 Å². The molecule has 0 bridgehead atoms. The number of nitrogens with one attached hydrogen (secondary N) is 1. The van der Waals surface area contributed by atoms with Crippen LogP contribution in [0.4, 0.5) is 0 Å². The van der Waals surface area contributed by atoms with Crippen LogP contribution >= 0.6 is 0 Å². The van der Waals surface area contributed by atoms with Crippen LogP contribution in [0.5, 0.6) is 0 Å². The third kappa shape index (κ3) is 4.75. The third-order valence-electron chi connectivity index (χ3n) is 7.06. The predicted molar refractivity (Wildman–Crippen MR) is 138 cm³/mol. The number of fused-ring (bicyclic) bond motifs is 1. The standard InChI is InChI=1S/C30H34N2O/c1-23-16-17-28-27(20-23)29(24-12-6-4-7-13-24)30(25-14-8-5-9-15-25)32(28)22-26(33)21-31-18-10-2-3-11-19-31/h4-9,12-17,20,26,33H,2-3,10-11,18-19,21-22H2,1H3/p+1/t26-/m1/s1. The highest BCUT2D eigenvalue weighted by Gasteiger charge is 2.24. The Morgan fingerprint density at radius 3 is 2.12 bits per heavy atom. The molecule has 1 aliphatic heterocycles. The minimum absolute atomic E-state index is 0.374. The average molecular weight is 440 g/mol. The summed E-state index contributed by atoms with van der Waals surface area (Å²) in [6.45, 7) is 5.96. The van der Waals surface area contributed by atoms with Crippen LogP contribution in [-0.2, 0) is 6.54 Å². The lowest BCUT2D eigenvalue weighted by Crippen LogP contribution is -3.13. The molecule has 1 saturated heterocycles. The molecule has 0 saturated carbocycles. The molecule has 1 atom stereocenters. The van der Waals surface area contributed by atoms with E-state index in [2.05, 4.69) is 90.4 Å². The molecule has 1 aliphatic rings. The van der Waals surface area contributed by atoms with E-state index in [0.717, 1.165) is 6.54 Å². The number of aliphatic hydroxyl groups is 1. The van der Waals surface area contributed by atoms with Gasteiger partial charge in [0.2, 0.25) is 0 Å². The van der Waals surface area contributed by atoms with Crippen molar-refractivity contribution in [2.45, 2.75) is 45.3 Å². The van der Waals surface area contributed by atoms with Gasteiger partial charge in [-0.1, -0.05) is 72.3 Å². The van der Waals surface area contributed by atoms with Crippen molar-refractivity contribution in [3.05, 3.63) is 84.4 Å². The minimum Gasteiger partial charge on any atom is -0.385 e. The normalized spacial score (nSPS) is 16.1. The highest BCUT2D eigenvalue weighted by Crippen LogP contribution is 2.41. The number of likely N-dealkylation sites (tertiary alicyclic amines) is 1.